The number of halogens is 1. The number of benzene rings is 2. The number of nitrogens with zero attached hydrogens (tertiary/aromatic N) is 5. The molecule has 0 bridgehead atoms. The van der Waals surface area contributed by atoms with E-state index in [4.69, 9.17) is 23.1 Å². The van der Waals surface area contributed by atoms with Gasteiger partial charge >= 0.3 is 0 Å². The molecule has 0 spiro atoms. The molecule has 0 aliphatic rings. The topological polar surface area (TPSA) is 149 Å². The van der Waals surface area contributed by atoms with Crippen molar-refractivity contribution in [2.75, 3.05) is 16.8 Å². The summed E-state index contributed by atoms with van der Waals surface area (Å²) in [6.45, 7) is 1.78. The molecule has 0 aliphatic carbocycles. The average Bonchev–Trinajstić information content (AvgIpc) is 2.74. The van der Waals surface area contributed by atoms with Crippen LogP contribution < -0.4 is 22.3 Å². The summed E-state index contributed by atoms with van der Waals surface area (Å²) in [5.41, 5.74) is 12.3. The second-order valence-electron chi connectivity index (χ2n) is 6.75. The normalized spacial score (nSPS) is 11.8. The fourth-order valence-corrected chi connectivity index (χ4v) is 3.50. The predicted octanol–water partition coefficient (Wildman–Crippen LogP) is 3.04. The molecule has 5 N–H and O–H groups in total. The predicted molar refractivity (Wildman–Crippen MR) is 120 cm³/mol. The van der Waals surface area contributed by atoms with Gasteiger partial charge in [-0.3, -0.25) is 9.36 Å². The Labute approximate surface area is 181 Å². The van der Waals surface area contributed by atoms with Crippen molar-refractivity contribution >= 4 is 40.1 Å². The van der Waals surface area contributed by atoms with E-state index in [1.54, 1.807) is 37.3 Å². The highest BCUT2D eigenvalue weighted by atomic mass is 35.5. The summed E-state index contributed by atoms with van der Waals surface area (Å²) in [6.07, 6.45) is 0. The maximum absolute atomic E-state index is 13.4. The molecule has 2 aromatic carbocycles. The lowest BCUT2D eigenvalue weighted by Crippen LogP contribution is -2.27. The first-order valence-electron chi connectivity index (χ1n) is 9.27. The first kappa shape index (κ1) is 20.1. The van der Waals surface area contributed by atoms with E-state index in [0.29, 0.717) is 27.4 Å². The molecule has 4 aromatic rings. The summed E-state index contributed by atoms with van der Waals surface area (Å²) in [6, 6.07) is 15.6. The SMILES string of the molecule is C[C@H](Nc1nc(N)nc(N)c1C#N)c1nc2c(Cl)cccc2c(=O)n1-c1ccccc1. The second kappa shape index (κ2) is 7.93. The molecular formula is C21H17ClN8O. The number of nitrogens with two attached hydrogens (primary N) is 2. The molecule has 0 unspecified atom stereocenters. The number of rotatable bonds is 4. The van der Waals surface area contributed by atoms with E-state index in [0.717, 1.165) is 0 Å². The van der Waals surface area contributed by atoms with E-state index in [1.807, 2.05) is 24.3 Å². The first-order chi connectivity index (χ1) is 14.9. The molecule has 0 saturated heterocycles. The fourth-order valence-electron chi connectivity index (χ4n) is 3.29. The van der Waals surface area contributed by atoms with Crippen LogP contribution in [-0.4, -0.2) is 19.5 Å². The molecule has 0 aliphatic heterocycles. The smallest absolute Gasteiger partial charge is 0.266 e. The van der Waals surface area contributed by atoms with Crippen LogP contribution in [0.2, 0.25) is 5.02 Å². The zero-order valence-corrected chi connectivity index (χ0v) is 17.1. The molecule has 2 heterocycles. The third kappa shape index (κ3) is 3.60. The third-order valence-electron chi connectivity index (χ3n) is 4.70. The molecule has 4 rings (SSSR count). The van der Waals surface area contributed by atoms with Crippen LogP contribution in [-0.2, 0) is 0 Å². The number of para-hydroxylation sites is 2. The van der Waals surface area contributed by atoms with Gasteiger partial charge in [-0.25, -0.2) is 4.98 Å². The van der Waals surface area contributed by atoms with Crippen LogP contribution in [0.5, 0.6) is 0 Å². The van der Waals surface area contributed by atoms with Crippen molar-refractivity contribution in [3.63, 3.8) is 0 Å². The number of nitrogen functional groups attached to an aromatic ring is 2. The van der Waals surface area contributed by atoms with Crippen molar-refractivity contribution in [2.45, 2.75) is 13.0 Å². The summed E-state index contributed by atoms with van der Waals surface area (Å²) in [5, 5.41) is 13.3. The minimum atomic E-state index is -0.575. The minimum absolute atomic E-state index is 0.0420. The number of hydrogen-bond donors (Lipinski definition) is 3. The number of nitriles is 1. The van der Waals surface area contributed by atoms with Crippen LogP contribution >= 0.6 is 11.6 Å². The maximum Gasteiger partial charge on any atom is 0.266 e. The minimum Gasteiger partial charge on any atom is -0.382 e. The van der Waals surface area contributed by atoms with Crippen molar-refractivity contribution < 1.29 is 0 Å². The van der Waals surface area contributed by atoms with Crippen LogP contribution in [0, 0.1) is 11.3 Å². The zero-order chi connectivity index (χ0) is 22.1. The van der Waals surface area contributed by atoms with E-state index in [2.05, 4.69) is 20.3 Å². The Bertz CT molecular complexity index is 1390. The second-order valence-corrected chi connectivity index (χ2v) is 7.16. The van der Waals surface area contributed by atoms with Crippen molar-refractivity contribution in [2.24, 2.45) is 0 Å². The molecule has 0 amide bonds. The van der Waals surface area contributed by atoms with Crippen LogP contribution in [0.4, 0.5) is 17.6 Å². The molecule has 154 valence electrons. The highest BCUT2D eigenvalue weighted by molar-refractivity contribution is 6.35. The van der Waals surface area contributed by atoms with Crippen molar-refractivity contribution in [1.82, 2.24) is 19.5 Å². The third-order valence-corrected chi connectivity index (χ3v) is 5.00. The van der Waals surface area contributed by atoms with Gasteiger partial charge in [0, 0.05) is 0 Å². The zero-order valence-electron chi connectivity index (χ0n) is 16.4. The van der Waals surface area contributed by atoms with E-state index >= 15 is 0 Å². The van der Waals surface area contributed by atoms with Gasteiger partial charge in [-0.2, -0.15) is 15.2 Å². The van der Waals surface area contributed by atoms with Crippen LogP contribution in [0.3, 0.4) is 0 Å². The number of nitrogens with one attached hydrogen (secondary N) is 1. The number of anilines is 3. The van der Waals surface area contributed by atoms with Gasteiger partial charge in [0.2, 0.25) is 5.95 Å². The van der Waals surface area contributed by atoms with Gasteiger partial charge in [-0.1, -0.05) is 35.9 Å². The average molecular weight is 433 g/mol. The maximum atomic E-state index is 13.4. The first-order valence-corrected chi connectivity index (χ1v) is 9.64. The molecule has 0 fully saturated rings. The van der Waals surface area contributed by atoms with Gasteiger partial charge in [0.25, 0.3) is 5.56 Å². The Kier molecular flexibility index (Phi) is 5.15. The lowest BCUT2D eigenvalue weighted by atomic mass is 10.2. The van der Waals surface area contributed by atoms with Crippen molar-refractivity contribution in [3.05, 3.63) is 75.3 Å². The van der Waals surface area contributed by atoms with Gasteiger partial charge in [-0.05, 0) is 31.2 Å². The molecule has 0 radical (unpaired) electrons. The van der Waals surface area contributed by atoms with Gasteiger partial charge in [0.15, 0.2) is 5.82 Å². The Balaban J connectivity index is 1.94. The van der Waals surface area contributed by atoms with Crippen molar-refractivity contribution in [3.8, 4) is 11.8 Å². The molecule has 1 atom stereocenters. The summed E-state index contributed by atoms with van der Waals surface area (Å²) in [4.78, 5) is 26.0. The largest absolute Gasteiger partial charge is 0.382 e. The van der Waals surface area contributed by atoms with Crippen LogP contribution in [0.1, 0.15) is 24.4 Å². The van der Waals surface area contributed by atoms with Gasteiger partial charge in [0.05, 0.1) is 27.7 Å². The van der Waals surface area contributed by atoms with Crippen molar-refractivity contribution in [1.29, 1.82) is 5.26 Å². The van der Waals surface area contributed by atoms with Gasteiger partial charge < -0.3 is 16.8 Å². The van der Waals surface area contributed by atoms with Crippen LogP contribution in [0.25, 0.3) is 16.6 Å². The molecule has 10 heteroatoms. The van der Waals surface area contributed by atoms with Gasteiger partial charge in [-0.15, -0.1) is 0 Å². The van der Waals surface area contributed by atoms with Gasteiger partial charge in [0.1, 0.15) is 23.3 Å². The lowest BCUT2D eigenvalue weighted by molar-refractivity contribution is 0.731. The molecule has 2 aromatic heterocycles. The Morgan fingerprint density at radius 2 is 1.84 bits per heavy atom. The standard InChI is InChI=1S/C21H17ClN8O/c1-11(26-18-14(10-23)17(24)28-21(25)29-18)19-27-16-13(8-5-9-15(16)22)20(31)30(19)12-6-3-2-4-7-12/h2-9,11H,1H3,(H5,24,25,26,28,29)/t11-/m0/s1. The lowest BCUT2D eigenvalue weighted by Gasteiger charge is -2.21. The molecule has 0 saturated carbocycles. The Morgan fingerprint density at radius 1 is 1.10 bits per heavy atom. The summed E-state index contributed by atoms with van der Waals surface area (Å²) in [5.74, 6) is 0.394. The van der Waals surface area contributed by atoms with E-state index in [1.165, 1.54) is 4.57 Å². The quantitative estimate of drug-likeness (QED) is 0.445. The Morgan fingerprint density at radius 3 is 2.55 bits per heavy atom. The Hall–Kier alpha value is -4.16. The molecule has 9 nitrogen and oxygen atoms in total. The number of fused-ring (bicyclic) bond motifs is 1. The monoisotopic (exact) mass is 432 g/mol. The van der Waals surface area contributed by atoms with Crippen LogP contribution in [0.15, 0.2) is 53.3 Å². The van der Waals surface area contributed by atoms with E-state index in [-0.39, 0.29) is 28.7 Å². The highest BCUT2D eigenvalue weighted by Crippen LogP contribution is 2.26. The van der Waals surface area contributed by atoms with E-state index in [9.17, 15) is 10.1 Å². The number of aromatic nitrogens is 4. The number of hydrogen-bond acceptors (Lipinski definition) is 8. The molecular weight excluding hydrogens is 416 g/mol. The fraction of sp³-hybridized carbons (Fsp3) is 0.0952. The molecule has 31 heavy (non-hydrogen) atoms. The summed E-state index contributed by atoms with van der Waals surface area (Å²) in [7, 11) is 0. The summed E-state index contributed by atoms with van der Waals surface area (Å²) < 4.78 is 1.50. The highest BCUT2D eigenvalue weighted by Gasteiger charge is 2.21. The summed E-state index contributed by atoms with van der Waals surface area (Å²) >= 11 is 6.33. The van der Waals surface area contributed by atoms with E-state index < -0.39 is 6.04 Å².